The van der Waals surface area contributed by atoms with Crippen molar-refractivity contribution in [3.8, 4) is 11.5 Å². The Morgan fingerprint density at radius 1 is 1.17 bits per heavy atom. The van der Waals surface area contributed by atoms with Gasteiger partial charge in [-0.2, -0.15) is 0 Å². The number of halogens is 1. The van der Waals surface area contributed by atoms with Gasteiger partial charge >= 0.3 is 0 Å². The summed E-state index contributed by atoms with van der Waals surface area (Å²) in [6.07, 6.45) is 1.53. The van der Waals surface area contributed by atoms with Crippen LogP contribution in [0.15, 0.2) is 41.3 Å². The van der Waals surface area contributed by atoms with E-state index in [0.717, 1.165) is 22.3 Å². The third-order valence-electron chi connectivity index (χ3n) is 5.46. The summed E-state index contributed by atoms with van der Waals surface area (Å²) in [5.41, 5.74) is 2.03. The highest BCUT2D eigenvalue weighted by Crippen LogP contribution is 2.38. The average molecular weight is 518 g/mol. The first-order valence-corrected chi connectivity index (χ1v) is 12.0. The number of ether oxygens (including phenoxy) is 3. The molecule has 4 rings (SSSR count). The van der Waals surface area contributed by atoms with Crippen LogP contribution in [0.2, 0.25) is 5.02 Å². The molecule has 2 aromatic rings. The summed E-state index contributed by atoms with van der Waals surface area (Å²) >= 11 is 7.00. The van der Waals surface area contributed by atoms with Gasteiger partial charge in [-0.05, 0) is 47.7 Å². The molecule has 0 aromatic heterocycles. The smallest absolute Gasteiger partial charge is 0.294 e. The highest BCUT2D eigenvalue weighted by molar-refractivity contribution is 8.18. The number of benzene rings is 2. The molecule has 0 spiro atoms. The fourth-order valence-electron chi connectivity index (χ4n) is 3.80. The Hall–Kier alpha value is -3.21. The van der Waals surface area contributed by atoms with Crippen molar-refractivity contribution in [2.45, 2.75) is 0 Å². The van der Waals surface area contributed by atoms with E-state index >= 15 is 0 Å². The second kappa shape index (κ2) is 11.0. The predicted octanol–water partition coefficient (Wildman–Crippen LogP) is 3.87. The van der Waals surface area contributed by atoms with Gasteiger partial charge in [0.25, 0.3) is 11.1 Å². The van der Waals surface area contributed by atoms with Gasteiger partial charge in [-0.25, -0.2) is 0 Å². The number of morpholine rings is 1. The van der Waals surface area contributed by atoms with Crippen LogP contribution < -0.4 is 19.7 Å². The number of carbonyl (C=O) groups excluding carboxylic acids is 3. The summed E-state index contributed by atoms with van der Waals surface area (Å²) in [5.74, 6) is -0.261. The largest absolute Gasteiger partial charge is 0.493 e. The first-order chi connectivity index (χ1) is 16.9. The molecule has 35 heavy (non-hydrogen) atoms. The Bertz CT molecular complexity index is 1180. The number of carbonyl (C=O) groups is 3. The molecular formula is C24H24ClN3O6S. The second-order valence-corrected chi connectivity index (χ2v) is 9.07. The molecular weight excluding hydrogens is 494 g/mol. The van der Waals surface area contributed by atoms with Gasteiger partial charge in [0.15, 0.2) is 11.5 Å². The number of methoxy groups -OCH3 is 2. The second-order valence-electron chi connectivity index (χ2n) is 7.67. The molecule has 0 aliphatic carbocycles. The molecule has 0 bridgehead atoms. The predicted molar refractivity (Wildman–Crippen MR) is 135 cm³/mol. The zero-order valence-corrected chi connectivity index (χ0v) is 20.8. The monoisotopic (exact) mass is 517 g/mol. The van der Waals surface area contributed by atoms with Crippen molar-refractivity contribution in [2.24, 2.45) is 0 Å². The fourth-order valence-corrected chi connectivity index (χ4v) is 4.94. The Morgan fingerprint density at radius 2 is 1.91 bits per heavy atom. The maximum absolute atomic E-state index is 12.9. The van der Waals surface area contributed by atoms with Gasteiger partial charge in [0.2, 0.25) is 5.91 Å². The number of thioether (sulfide) groups is 1. The number of amides is 3. The minimum atomic E-state index is -0.553. The molecule has 2 saturated heterocycles. The van der Waals surface area contributed by atoms with Gasteiger partial charge in [0.05, 0.1) is 48.7 Å². The van der Waals surface area contributed by atoms with Crippen molar-refractivity contribution < 1.29 is 28.6 Å². The first kappa shape index (κ1) is 24.9. The number of hydrogen-bond donors (Lipinski definition) is 1. The van der Waals surface area contributed by atoms with Crippen LogP contribution >= 0.6 is 23.4 Å². The highest BCUT2D eigenvalue weighted by atomic mass is 35.5. The molecule has 0 atom stereocenters. The van der Waals surface area contributed by atoms with Crippen LogP contribution in [0.4, 0.5) is 16.2 Å². The van der Waals surface area contributed by atoms with Gasteiger partial charge in [0, 0.05) is 13.1 Å². The molecule has 2 heterocycles. The molecule has 0 unspecified atom stereocenters. The van der Waals surface area contributed by atoms with E-state index in [1.54, 1.807) is 18.2 Å². The van der Waals surface area contributed by atoms with Gasteiger partial charge in [-0.3, -0.25) is 19.3 Å². The number of anilines is 2. The van der Waals surface area contributed by atoms with Gasteiger partial charge < -0.3 is 24.4 Å². The van der Waals surface area contributed by atoms with E-state index in [0.29, 0.717) is 54.1 Å². The molecule has 11 heteroatoms. The normalized spacial score (nSPS) is 17.2. The Morgan fingerprint density at radius 3 is 2.63 bits per heavy atom. The lowest BCUT2D eigenvalue weighted by Gasteiger charge is -2.30. The van der Waals surface area contributed by atoms with E-state index in [4.69, 9.17) is 25.8 Å². The molecule has 0 saturated carbocycles. The standard InChI is InChI=1S/C24H24ClN3O6S/c1-32-19-12-15(11-16(25)22(19)33-2)13-20-23(30)28(24(31)35-20)14-21(29)26-17-5-3-4-6-18(17)27-7-9-34-10-8-27/h3-6,11-13H,7-10,14H2,1-2H3,(H,26,29)/b20-13-. The van der Waals surface area contributed by atoms with Crippen molar-refractivity contribution in [1.82, 2.24) is 4.90 Å². The van der Waals surface area contributed by atoms with Crippen LogP contribution in [0.5, 0.6) is 11.5 Å². The lowest BCUT2D eigenvalue weighted by molar-refractivity contribution is -0.127. The third kappa shape index (κ3) is 5.55. The summed E-state index contributed by atoms with van der Waals surface area (Å²) in [4.78, 5) is 41.4. The van der Waals surface area contributed by atoms with Crippen LogP contribution in [0.1, 0.15) is 5.56 Å². The maximum Gasteiger partial charge on any atom is 0.294 e. The molecule has 2 aliphatic rings. The molecule has 0 radical (unpaired) electrons. The van der Waals surface area contributed by atoms with E-state index < -0.39 is 23.6 Å². The van der Waals surface area contributed by atoms with Crippen LogP contribution in [0.3, 0.4) is 0 Å². The topological polar surface area (TPSA) is 97.4 Å². The molecule has 1 N–H and O–H groups in total. The first-order valence-electron chi connectivity index (χ1n) is 10.8. The Labute approximate surface area is 211 Å². The SMILES string of the molecule is COc1cc(/C=C2\SC(=O)N(CC(=O)Nc3ccccc3N3CCOCC3)C2=O)cc(Cl)c1OC. The molecule has 2 aromatic carbocycles. The number of nitrogens with zero attached hydrogens (tertiary/aromatic N) is 2. The summed E-state index contributed by atoms with van der Waals surface area (Å²) in [6.45, 7) is 2.24. The Balaban J connectivity index is 1.47. The summed E-state index contributed by atoms with van der Waals surface area (Å²) in [6, 6.07) is 10.7. The summed E-state index contributed by atoms with van der Waals surface area (Å²) in [5, 5.41) is 2.61. The third-order valence-corrected chi connectivity index (χ3v) is 6.65. The number of para-hydroxylation sites is 2. The van der Waals surface area contributed by atoms with Gasteiger partial charge in [-0.15, -0.1) is 0 Å². The number of hydrogen-bond acceptors (Lipinski definition) is 8. The van der Waals surface area contributed by atoms with Gasteiger partial charge in [0.1, 0.15) is 6.54 Å². The van der Waals surface area contributed by atoms with Crippen LogP contribution in [-0.4, -0.2) is 69.0 Å². The van der Waals surface area contributed by atoms with Crippen LogP contribution in [0, 0.1) is 0 Å². The van der Waals surface area contributed by atoms with Gasteiger partial charge in [-0.1, -0.05) is 23.7 Å². The average Bonchev–Trinajstić information content (AvgIpc) is 3.11. The molecule has 2 fully saturated rings. The molecule has 184 valence electrons. The van der Waals surface area contributed by atoms with E-state index in [2.05, 4.69) is 10.2 Å². The quantitative estimate of drug-likeness (QED) is 0.553. The zero-order chi connectivity index (χ0) is 24.9. The van der Waals surface area contributed by atoms with Crippen molar-refractivity contribution >= 4 is 57.9 Å². The molecule has 2 aliphatic heterocycles. The summed E-state index contributed by atoms with van der Waals surface area (Å²) < 4.78 is 15.9. The van der Waals surface area contributed by atoms with E-state index in [1.165, 1.54) is 20.3 Å². The zero-order valence-electron chi connectivity index (χ0n) is 19.2. The molecule has 9 nitrogen and oxygen atoms in total. The highest BCUT2D eigenvalue weighted by Gasteiger charge is 2.36. The number of rotatable bonds is 7. The lowest BCUT2D eigenvalue weighted by Crippen LogP contribution is -2.38. The van der Waals surface area contributed by atoms with E-state index in [9.17, 15) is 14.4 Å². The van der Waals surface area contributed by atoms with Crippen LogP contribution in [-0.2, 0) is 14.3 Å². The van der Waals surface area contributed by atoms with E-state index in [-0.39, 0.29) is 4.91 Å². The Kier molecular flexibility index (Phi) is 7.84. The summed E-state index contributed by atoms with van der Waals surface area (Å²) in [7, 11) is 2.95. The lowest BCUT2D eigenvalue weighted by atomic mass is 10.1. The van der Waals surface area contributed by atoms with E-state index in [1.807, 2.05) is 18.2 Å². The number of imide groups is 1. The minimum absolute atomic E-state index is 0.180. The fraction of sp³-hybridized carbons (Fsp3) is 0.292. The minimum Gasteiger partial charge on any atom is -0.493 e. The van der Waals surface area contributed by atoms with Crippen molar-refractivity contribution in [1.29, 1.82) is 0 Å². The van der Waals surface area contributed by atoms with Crippen LogP contribution in [0.25, 0.3) is 6.08 Å². The maximum atomic E-state index is 12.9. The molecule has 3 amide bonds. The van der Waals surface area contributed by atoms with Crippen molar-refractivity contribution in [2.75, 3.05) is 57.3 Å². The number of nitrogens with one attached hydrogen (secondary N) is 1. The van der Waals surface area contributed by atoms with Crippen molar-refractivity contribution in [3.05, 3.63) is 51.9 Å². The van der Waals surface area contributed by atoms with Crippen molar-refractivity contribution in [3.63, 3.8) is 0 Å².